The molecule has 0 aliphatic carbocycles. The second kappa shape index (κ2) is 9.15. The van der Waals surface area contributed by atoms with Crippen LogP contribution in [0.2, 0.25) is 10.0 Å². The number of nitrogens with one attached hydrogen (secondary N) is 2. The van der Waals surface area contributed by atoms with Gasteiger partial charge in [-0.15, -0.1) is 0 Å². The van der Waals surface area contributed by atoms with Gasteiger partial charge in [-0.05, 0) is 36.2 Å². The molecule has 0 heterocycles. The predicted octanol–water partition coefficient (Wildman–Crippen LogP) is 4.94. The fourth-order valence-corrected chi connectivity index (χ4v) is 2.46. The number of amides is 2. The summed E-state index contributed by atoms with van der Waals surface area (Å²) in [7, 11) is 0. The minimum absolute atomic E-state index is 0.395. The number of nitrogens with zero attached hydrogens (tertiary/aromatic N) is 1. The summed E-state index contributed by atoms with van der Waals surface area (Å²) < 4.78 is 5.49. The van der Waals surface area contributed by atoms with Gasteiger partial charge < -0.3 is 10.1 Å². The Balaban J connectivity index is 1.95. The van der Waals surface area contributed by atoms with Crippen molar-refractivity contribution in [2.75, 3.05) is 11.9 Å². The minimum Gasteiger partial charge on any atom is -0.490 e. The molecule has 0 saturated heterocycles. The first-order chi connectivity index (χ1) is 11.6. The summed E-state index contributed by atoms with van der Waals surface area (Å²) in [5.41, 5.74) is 3.69. The van der Waals surface area contributed by atoms with Crippen LogP contribution in [0.3, 0.4) is 0 Å². The fourth-order valence-electron chi connectivity index (χ4n) is 1.84. The number of carbonyl (C=O) groups excluding carboxylic acids is 1. The number of hydrogen-bond donors (Lipinski definition) is 2. The maximum Gasteiger partial charge on any atom is 0.339 e. The molecule has 0 atom stereocenters. The molecule has 2 N–H and O–H groups in total. The summed E-state index contributed by atoms with van der Waals surface area (Å²) in [6, 6.07) is 11.9. The van der Waals surface area contributed by atoms with Crippen molar-refractivity contribution in [3.63, 3.8) is 0 Å². The van der Waals surface area contributed by atoms with Crippen LogP contribution < -0.4 is 15.5 Å². The molecule has 0 fully saturated rings. The molecule has 0 saturated carbocycles. The zero-order chi connectivity index (χ0) is 17.4. The Morgan fingerprint density at radius 1 is 1.21 bits per heavy atom. The number of para-hydroxylation sites is 1. The number of hydrogen-bond acceptors (Lipinski definition) is 3. The van der Waals surface area contributed by atoms with E-state index in [1.807, 2.05) is 25.1 Å². The van der Waals surface area contributed by atoms with Gasteiger partial charge in [0, 0.05) is 5.69 Å². The third-order valence-electron chi connectivity index (χ3n) is 2.88. The van der Waals surface area contributed by atoms with Crippen LogP contribution in [0.25, 0.3) is 0 Å². The van der Waals surface area contributed by atoms with E-state index in [1.54, 1.807) is 24.3 Å². The van der Waals surface area contributed by atoms with Crippen molar-refractivity contribution < 1.29 is 9.53 Å². The second-order valence-corrected chi connectivity index (χ2v) is 5.67. The quantitative estimate of drug-likeness (QED) is 0.562. The van der Waals surface area contributed by atoms with Crippen LogP contribution in [-0.2, 0) is 0 Å². The first kappa shape index (κ1) is 18.1. The molecule has 0 bridgehead atoms. The lowest BCUT2D eigenvalue weighted by molar-refractivity contribution is 0.252. The summed E-state index contributed by atoms with van der Waals surface area (Å²) >= 11 is 12.3. The largest absolute Gasteiger partial charge is 0.490 e. The van der Waals surface area contributed by atoms with Gasteiger partial charge >= 0.3 is 6.03 Å². The van der Waals surface area contributed by atoms with Crippen LogP contribution in [0.5, 0.6) is 5.75 Å². The van der Waals surface area contributed by atoms with Crippen molar-refractivity contribution in [3.05, 3.63) is 58.1 Å². The number of benzene rings is 2. The van der Waals surface area contributed by atoms with Crippen molar-refractivity contribution in [2.45, 2.75) is 13.3 Å². The normalized spacial score (nSPS) is 10.6. The molecular weight excluding hydrogens is 349 g/mol. The van der Waals surface area contributed by atoms with Crippen molar-refractivity contribution >= 4 is 41.1 Å². The number of rotatable bonds is 6. The predicted molar refractivity (Wildman–Crippen MR) is 98.4 cm³/mol. The molecule has 2 amide bonds. The molecule has 5 nitrogen and oxygen atoms in total. The van der Waals surface area contributed by atoms with Gasteiger partial charge in [0.2, 0.25) is 0 Å². The summed E-state index contributed by atoms with van der Waals surface area (Å²) in [6.07, 6.45) is 2.31. The Bertz CT molecular complexity index is 698. The van der Waals surface area contributed by atoms with Crippen LogP contribution in [-0.4, -0.2) is 18.9 Å². The van der Waals surface area contributed by atoms with E-state index in [1.165, 1.54) is 6.21 Å². The first-order valence-corrected chi connectivity index (χ1v) is 8.12. The van der Waals surface area contributed by atoms with E-state index < -0.39 is 6.03 Å². The zero-order valence-corrected chi connectivity index (χ0v) is 14.6. The van der Waals surface area contributed by atoms with E-state index in [4.69, 9.17) is 27.9 Å². The number of halogens is 2. The van der Waals surface area contributed by atoms with Gasteiger partial charge in [0.15, 0.2) is 5.75 Å². The maximum absolute atomic E-state index is 11.7. The molecule has 0 aliphatic rings. The molecule has 0 unspecified atom stereocenters. The van der Waals surface area contributed by atoms with E-state index in [0.29, 0.717) is 33.7 Å². The smallest absolute Gasteiger partial charge is 0.339 e. The van der Waals surface area contributed by atoms with E-state index in [0.717, 1.165) is 6.42 Å². The maximum atomic E-state index is 11.7. The second-order valence-electron chi connectivity index (χ2n) is 4.85. The van der Waals surface area contributed by atoms with Crippen LogP contribution in [0.4, 0.5) is 10.5 Å². The number of hydrazone groups is 1. The van der Waals surface area contributed by atoms with Crippen LogP contribution in [0.1, 0.15) is 18.9 Å². The Morgan fingerprint density at radius 2 is 1.88 bits per heavy atom. The lowest BCUT2D eigenvalue weighted by atomic mass is 10.2. The molecule has 0 aliphatic heterocycles. The highest BCUT2D eigenvalue weighted by Crippen LogP contribution is 2.33. The summed E-state index contributed by atoms with van der Waals surface area (Å²) in [6.45, 7) is 2.53. The van der Waals surface area contributed by atoms with Crippen molar-refractivity contribution in [1.82, 2.24) is 5.43 Å². The molecule has 0 aromatic heterocycles. The Morgan fingerprint density at radius 3 is 2.50 bits per heavy atom. The van der Waals surface area contributed by atoms with Gasteiger partial charge in [-0.3, -0.25) is 0 Å². The van der Waals surface area contributed by atoms with Crippen molar-refractivity contribution in [3.8, 4) is 5.75 Å². The highest BCUT2D eigenvalue weighted by Gasteiger charge is 2.09. The number of anilines is 1. The first-order valence-electron chi connectivity index (χ1n) is 7.37. The number of ether oxygens (including phenoxy) is 1. The van der Waals surface area contributed by atoms with Gasteiger partial charge in [-0.25, -0.2) is 10.2 Å². The highest BCUT2D eigenvalue weighted by atomic mass is 35.5. The molecule has 2 aromatic rings. The Kier molecular flexibility index (Phi) is 6.90. The van der Waals surface area contributed by atoms with Gasteiger partial charge in [-0.2, -0.15) is 5.10 Å². The summed E-state index contributed by atoms with van der Waals surface area (Å²) in [4.78, 5) is 11.7. The van der Waals surface area contributed by atoms with Crippen LogP contribution in [0, 0.1) is 0 Å². The lowest BCUT2D eigenvalue weighted by Crippen LogP contribution is -2.24. The molecule has 0 radical (unpaired) electrons. The monoisotopic (exact) mass is 365 g/mol. The highest BCUT2D eigenvalue weighted by molar-refractivity contribution is 6.37. The van der Waals surface area contributed by atoms with Crippen molar-refractivity contribution in [2.24, 2.45) is 5.10 Å². The molecule has 0 spiro atoms. The average molecular weight is 366 g/mol. The lowest BCUT2D eigenvalue weighted by Gasteiger charge is -2.09. The summed E-state index contributed by atoms with van der Waals surface area (Å²) in [5, 5.41) is 7.30. The SMILES string of the molecule is CCCOc1c(Cl)cc(/C=N/NC(=O)Nc2ccccc2)cc1Cl. The van der Waals surface area contributed by atoms with Crippen LogP contribution in [0.15, 0.2) is 47.6 Å². The molecular formula is C17H17Cl2N3O2. The van der Waals surface area contributed by atoms with Crippen molar-refractivity contribution in [1.29, 1.82) is 0 Å². The number of urea groups is 1. The Hall–Kier alpha value is -2.24. The fraction of sp³-hybridized carbons (Fsp3) is 0.176. The zero-order valence-electron chi connectivity index (χ0n) is 13.1. The van der Waals surface area contributed by atoms with Gasteiger partial charge in [-0.1, -0.05) is 48.3 Å². The molecule has 2 aromatic carbocycles. The molecule has 24 heavy (non-hydrogen) atoms. The summed E-state index contributed by atoms with van der Waals surface area (Å²) in [5.74, 6) is 0.451. The Labute approximate surface area is 150 Å². The minimum atomic E-state index is -0.447. The third kappa shape index (κ3) is 5.44. The molecule has 126 valence electrons. The standard InChI is InChI=1S/C17H17Cl2N3O2/c1-2-8-24-16-14(18)9-12(10-15(16)19)11-20-22-17(23)21-13-6-4-3-5-7-13/h3-7,9-11H,2,8H2,1H3,(H2,21,22,23)/b20-11+. The van der Waals surface area contributed by atoms with E-state index >= 15 is 0 Å². The van der Waals surface area contributed by atoms with E-state index in [2.05, 4.69) is 15.8 Å². The molecule has 7 heteroatoms. The van der Waals surface area contributed by atoms with Gasteiger partial charge in [0.25, 0.3) is 0 Å². The topological polar surface area (TPSA) is 62.7 Å². The average Bonchev–Trinajstić information content (AvgIpc) is 2.55. The molecule has 2 rings (SSSR count). The number of carbonyl (C=O) groups is 1. The van der Waals surface area contributed by atoms with E-state index in [-0.39, 0.29) is 0 Å². The van der Waals surface area contributed by atoms with Gasteiger partial charge in [0.05, 0.1) is 22.9 Å². The van der Waals surface area contributed by atoms with Crippen LogP contribution >= 0.6 is 23.2 Å². The van der Waals surface area contributed by atoms with Gasteiger partial charge in [0.1, 0.15) is 0 Å². The third-order valence-corrected chi connectivity index (χ3v) is 3.44. The van der Waals surface area contributed by atoms with E-state index in [9.17, 15) is 4.79 Å².